The molecule has 15 heavy (non-hydrogen) atoms. The first-order chi connectivity index (χ1) is 7.33. The van der Waals surface area contributed by atoms with Gasteiger partial charge >= 0.3 is 0 Å². The van der Waals surface area contributed by atoms with Crippen LogP contribution in [0.25, 0.3) is 10.9 Å². The van der Waals surface area contributed by atoms with Crippen molar-refractivity contribution in [3.8, 4) is 0 Å². The van der Waals surface area contributed by atoms with Crippen LogP contribution in [0.5, 0.6) is 0 Å². The highest BCUT2D eigenvalue weighted by Gasteiger charge is 2.03. The Balaban J connectivity index is 2.31. The van der Waals surface area contributed by atoms with Crippen LogP contribution in [-0.4, -0.2) is 21.3 Å². The number of fused-ring (bicyclic) bond motifs is 1. The van der Waals surface area contributed by atoms with Crippen LogP contribution in [0.15, 0.2) is 36.5 Å². The van der Waals surface area contributed by atoms with Crippen molar-refractivity contribution < 1.29 is 5.11 Å². The first kappa shape index (κ1) is 10.3. The van der Waals surface area contributed by atoms with E-state index in [1.54, 1.807) is 0 Å². The van der Waals surface area contributed by atoms with Gasteiger partial charge in [0.1, 0.15) is 0 Å². The van der Waals surface area contributed by atoms with Crippen molar-refractivity contribution >= 4 is 28.1 Å². The fourth-order valence-corrected chi connectivity index (χ4v) is 1.95. The SMILES string of the molecule is OCCCC(=S)n1ccc2ccccc21. The molecule has 2 rings (SSSR count). The molecule has 2 nitrogen and oxygen atoms in total. The Kier molecular flexibility index (Phi) is 3.14. The largest absolute Gasteiger partial charge is 0.396 e. The molecule has 0 unspecified atom stereocenters. The Labute approximate surface area is 94.1 Å². The van der Waals surface area contributed by atoms with Gasteiger partial charge in [0, 0.05) is 19.2 Å². The summed E-state index contributed by atoms with van der Waals surface area (Å²) < 4.78 is 2.01. The molecule has 0 aliphatic heterocycles. The average molecular weight is 219 g/mol. The third-order valence-corrected chi connectivity index (χ3v) is 2.82. The molecule has 0 saturated carbocycles. The van der Waals surface area contributed by atoms with E-state index in [4.69, 9.17) is 17.3 Å². The lowest BCUT2D eigenvalue weighted by atomic mass is 10.2. The molecular formula is C12H13NOS. The third kappa shape index (κ3) is 2.08. The van der Waals surface area contributed by atoms with E-state index >= 15 is 0 Å². The number of hydrogen-bond donors (Lipinski definition) is 1. The van der Waals surface area contributed by atoms with Crippen molar-refractivity contribution in [2.75, 3.05) is 6.61 Å². The average Bonchev–Trinajstić information content (AvgIpc) is 2.69. The molecule has 1 aromatic carbocycles. The lowest BCUT2D eigenvalue weighted by Crippen LogP contribution is -2.07. The van der Waals surface area contributed by atoms with Crippen LogP contribution in [0.1, 0.15) is 12.8 Å². The maximum absolute atomic E-state index is 8.76. The maximum Gasteiger partial charge on any atom is 0.0865 e. The molecule has 0 atom stereocenters. The fourth-order valence-electron chi connectivity index (χ4n) is 1.65. The van der Waals surface area contributed by atoms with E-state index < -0.39 is 0 Å². The lowest BCUT2D eigenvalue weighted by Gasteiger charge is -2.05. The summed E-state index contributed by atoms with van der Waals surface area (Å²) in [5.41, 5.74) is 1.14. The highest BCUT2D eigenvalue weighted by Crippen LogP contribution is 2.16. The number of aromatic nitrogens is 1. The molecule has 0 spiro atoms. The van der Waals surface area contributed by atoms with Crippen LogP contribution in [0, 0.1) is 0 Å². The molecule has 1 heterocycles. The fraction of sp³-hybridized carbons (Fsp3) is 0.250. The summed E-state index contributed by atoms with van der Waals surface area (Å²) in [6, 6.07) is 10.2. The summed E-state index contributed by atoms with van der Waals surface area (Å²) in [6.07, 6.45) is 3.47. The quantitative estimate of drug-likeness (QED) is 0.803. The molecule has 1 aromatic heterocycles. The van der Waals surface area contributed by atoms with Crippen LogP contribution >= 0.6 is 12.2 Å². The number of benzene rings is 1. The third-order valence-electron chi connectivity index (χ3n) is 2.42. The van der Waals surface area contributed by atoms with Crippen molar-refractivity contribution in [2.24, 2.45) is 0 Å². The number of rotatable bonds is 3. The van der Waals surface area contributed by atoms with Gasteiger partial charge in [0.15, 0.2) is 0 Å². The number of aliphatic hydroxyl groups excluding tert-OH is 1. The summed E-state index contributed by atoms with van der Waals surface area (Å²) in [4.78, 5) is 0.866. The van der Waals surface area contributed by atoms with Crippen LogP contribution < -0.4 is 0 Å². The van der Waals surface area contributed by atoms with Gasteiger partial charge in [-0.3, -0.25) is 0 Å². The number of nitrogens with zero attached hydrogens (tertiary/aromatic N) is 1. The van der Waals surface area contributed by atoms with Crippen molar-refractivity contribution in [1.29, 1.82) is 0 Å². The van der Waals surface area contributed by atoms with Crippen molar-refractivity contribution in [1.82, 2.24) is 4.57 Å². The first-order valence-corrected chi connectivity index (χ1v) is 5.44. The Morgan fingerprint density at radius 2 is 2.07 bits per heavy atom. The Morgan fingerprint density at radius 3 is 2.87 bits per heavy atom. The minimum atomic E-state index is 0.194. The van der Waals surface area contributed by atoms with Crippen molar-refractivity contribution in [3.05, 3.63) is 36.5 Å². The van der Waals surface area contributed by atoms with Crippen LogP contribution in [0.3, 0.4) is 0 Å². The van der Waals surface area contributed by atoms with Crippen LogP contribution in [-0.2, 0) is 0 Å². The highest BCUT2D eigenvalue weighted by molar-refractivity contribution is 7.80. The summed E-state index contributed by atoms with van der Waals surface area (Å²) in [6.45, 7) is 0.194. The molecule has 0 bridgehead atoms. The monoisotopic (exact) mass is 219 g/mol. The summed E-state index contributed by atoms with van der Waals surface area (Å²) in [5.74, 6) is 0. The Morgan fingerprint density at radius 1 is 1.27 bits per heavy atom. The number of aliphatic hydroxyl groups is 1. The van der Waals surface area contributed by atoms with E-state index in [2.05, 4.69) is 18.2 Å². The van der Waals surface area contributed by atoms with E-state index in [0.29, 0.717) is 0 Å². The van der Waals surface area contributed by atoms with Gasteiger partial charge in [-0.05, 0) is 23.9 Å². The molecule has 0 fully saturated rings. The number of hydrogen-bond acceptors (Lipinski definition) is 2. The molecule has 78 valence electrons. The Bertz CT molecular complexity index is 475. The van der Waals surface area contributed by atoms with Crippen LogP contribution in [0.2, 0.25) is 0 Å². The van der Waals surface area contributed by atoms with Gasteiger partial charge in [-0.2, -0.15) is 0 Å². The summed E-state index contributed by atoms with van der Waals surface area (Å²) in [7, 11) is 0. The molecule has 0 saturated heterocycles. The minimum absolute atomic E-state index is 0.194. The smallest absolute Gasteiger partial charge is 0.0865 e. The molecule has 0 aliphatic carbocycles. The molecule has 0 aliphatic rings. The molecule has 0 amide bonds. The topological polar surface area (TPSA) is 25.2 Å². The van der Waals surface area contributed by atoms with E-state index in [9.17, 15) is 0 Å². The molecule has 2 aromatic rings. The molecular weight excluding hydrogens is 206 g/mol. The van der Waals surface area contributed by atoms with Gasteiger partial charge in [-0.15, -0.1) is 0 Å². The number of thiocarbonyl (C=S) groups is 1. The molecule has 0 radical (unpaired) electrons. The second-order valence-electron chi connectivity index (χ2n) is 3.47. The van der Waals surface area contributed by atoms with E-state index in [-0.39, 0.29) is 6.61 Å². The van der Waals surface area contributed by atoms with Gasteiger partial charge < -0.3 is 9.67 Å². The minimum Gasteiger partial charge on any atom is -0.396 e. The summed E-state index contributed by atoms with van der Waals surface area (Å²) >= 11 is 5.32. The van der Waals surface area contributed by atoms with Gasteiger partial charge in [0.25, 0.3) is 0 Å². The van der Waals surface area contributed by atoms with E-state index in [1.807, 2.05) is 22.9 Å². The predicted molar refractivity (Wildman–Crippen MR) is 66.3 cm³/mol. The van der Waals surface area contributed by atoms with Gasteiger partial charge in [-0.25, -0.2) is 0 Å². The summed E-state index contributed by atoms with van der Waals surface area (Å²) in [5, 5.41) is 9.96. The zero-order valence-electron chi connectivity index (χ0n) is 8.39. The van der Waals surface area contributed by atoms with E-state index in [1.165, 1.54) is 5.39 Å². The van der Waals surface area contributed by atoms with Gasteiger partial charge in [-0.1, -0.05) is 30.4 Å². The first-order valence-electron chi connectivity index (χ1n) is 5.03. The van der Waals surface area contributed by atoms with E-state index in [0.717, 1.165) is 23.3 Å². The zero-order chi connectivity index (χ0) is 10.7. The highest BCUT2D eigenvalue weighted by atomic mass is 32.1. The van der Waals surface area contributed by atoms with Crippen LogP contribution in [0.4, 0.5) is 0 Å². The molecule has 1 N–H and O–H groups in total. The van der Waals surface area contributed by atoms with Gasteiger partial charge in [0.05, 0.1) is 10.5 Å². The predicted octanol–water partition coefficient (Wildman–Crippen LogP) is 2.59. The standard InChI is InChI=1S/C12H13NOS/c14-9-3-6-12(15)13-8-7-10-4-1-2-5-11(10)13/h1-2,4-5,7-8,14H,3,6,9H2. The van der Waals surface area contributed by atoms with Crippen molar-refractivity contribution in [3.63, 3.8) is 0 Å². The normalized spacial score (nSPS) is 10.7. The second-order valence-corrected chi connectivity index (χ2v) is 3.94. The second kappa shape index (κ2) is 4.55. The number of para-hydroxylation sites is 1. The van der Waals surface area contributed by atoms with Crippen molar-refractivity contribution in [2.45, 2.75) is 12.8 Å². The maximum atomic E-state index is 8.76. The van der Waals surface area contributed by atoms with Gasteiger partial charge in [0.2, 0.25) is 0 Å². The lowest BCUT2D eigenvalue weighted by molar-refractivity contribution is 0.291. The zero-order valence-corrected chi connectivity index (χ0v) is 9.20. The molecule has 3 heteroatoms. The Hall–Kier alpha value is -1.19.